The Morgan fingerprint density at radius 2 is 2.05 bits per heavy atom. The lowest BCUT2D eigenvalue weighted by Crippen LogP contribution is -2.48. The molecule has 0 atom stereocenters. The Morgan fingerprint density at radius 1 is 1.27 bits per heavy atom. The average molecular weight is 298 g/mol. The van der Waals surface area contributed by atoms with Gasteiger partial charge in [-0.3, -0.25) is 4.79 Å². The molecule has 2 aliphatic carbocycles. The maximum absolute atomic E-state index is 12.4. The fourth-order valence-electron chi connectivity index (χ4n) is 3.47. The Kier molecular flexibility index (Phi) is 3.18. The van der Waals surface area contributed by atoms with E-state index in [-0.39, 0.29) is 5.91 Å². The highest BCUT2D eigenvalue weighted by Crippen LogP contribution is 2.35. The minimum atomic E-state index is -0.694. The Balaban J connectivity index is 1.55. The standard InChI is InChI=1S/C17H22N4O/c18-17(8-1-2-9-17)16(22)19-12-6-7-13-14(10-12)21-15(20-13)11-4-3-5-11/h6-7,10-11H,1-5,8-9,18H2,(H,19,22)(H,20,21). The van der Waals surface area contributed by atoms with E-state index in [1.165, 1.54) is 19.3 Å². The zero-order valence-electron chi connectivity index (χ0n) is 12.7. The zero-order chi connectivity index (χ0) is 15.2. The van der Waals surface area contributed by atoms with Crippen LogP contribution in [0.1, 0.15) is 56.7 Å². The van der Waals surface area contributed by atoms with Crippen LogP contribution in [0.2, 0.25) is 0 Å². The SMILES string of the molecule is NC1(C(=O)Nc2ccc3nc(C4CCC4)[nH]c3c2)CCCC1. The molecule has 2 aliphatic rings. The second-order valence-electron chi connectivity index (χ2n) is 6.80. The summed E-state index contributed by atoms with van der Waals surface area (Å²) >= 11 is 0. The summed E-state index contributed by atoms with van der Waals surface area (Å²) in [6.07, 6.45) is 7.36. The third-order valence-corrected chi connectivity index (χ3v) is 5.20. The van der Waals surface area contributed by atoms with Crippen LogP contribution in [0.5, 0.6) is 0 Å². The monoisotopic (exact) mass is 298 g/mol. The molecule has 116 valence electrons. The molecule has 1 amide bonds. The van der Waals surface area contributed by atoms with Crippen molar-refractivity contribution in [1.29, 1.82) is 0 Å². The summed E-state index contributed by atoms with van der Waals surface area (Å²) in [5.41, 5.74) is 8.24. The van der Waals surface area contributed by atoms with E-state index in [1.54, 1.807) is 0 Å². The third kappa shape index (κ3) is 2.29. The number of fused-ring (bicyclic) bond motifs is 1. The molecule has 1 aromatic heterocycles. The van der Waals surface area contributed by atoms with Gasteiger partial charge in [-0.25, -0.2) is 4.98 Å². The molecule has 5 nitrogen and oxygen atoms in total. The van der Waals surface area contributed by atoms with Crippen molar-refractivity contribution in [3.05, 3.63) is 24.0 Å². The molecular formula is C17H22N4O. The summed E-state index contributed by atoms with van der Waals surface area (Å²) in [6.45, 7) is 0. The number of nitrogens with two attached hydrogens (primary N) is 1. The number of nitrogens with zero attached hydrogens (tertiary/aromatic N) is 1. The first-order chi connectivity index (χ1) is 10.6. The number of H-pyrrole nitrogens is 1. The smallest absolute Gasteiger partial charge is 0.244 e. The van der Waals surface area contributed by atoms with Gasteiger partial charge < -0.3 is 16.0 Å². The number of carbonyl (C=O) groups is 1. The normalized spacial score (nSPS) is 21.0. The molecule has 2 aromatic rings. The number of aromatic amines is 1. The van der Waals surface area contributed by atoms with Crippen molar-refractivity contribution < 1.29 is 4.79 Å². The topological polar surface area (TPSA) is 83.8 Å². The molecule has 0 saturated heterocycles. The van der Waals surface area contributed by atoms with Gasteiger partial charge in [0.2, 0.25) is 5.91 Å². The highest BCUT2D eigenvalue weighted by Gasteiger charge is 2.37. The predicted octanol–water partition coefficient (Wildman–Crippen LogP) is 3.04. The molecule has 0 aliphatic heterocycles. The molecular weight excluding hydrogens is 276 g/mol. The van der Waals surface area contributed by atoms with E-state index in [4.69, 9.17) is 5.73 Å². The summed E-state index contributed by atoms with van der Waals surface area (Å²) < 4.78 is 0. The number of imidazole rings is 1. The number of benzene rings is 1. The molecule has 4 N–H and O–H groups in total. The van der Waals surface area contributed by atoms with Crippen LogP contribution in [0.3, 0.4) is 0 Å². The highest BCUT2D eigenvalue weighted by molar-refractivity contribution is 5.99. The number of anilines is 1. The van der Waals surface area contributed by atoms with Gasteiger partial charge in [-0.15, -0.1) is 0 Å². The van der Waals surface area contributed by atoms with Crippen LogP contribution in [0, 0.1) is 0 Å². The van der Waals surface area contributed by atoms with Gasteiger partial charge in [-0.1, -0.05) is 19.3 Å². The molecule has 0 spiro atoms. The summed E-state index contributed by atoms with van der Waals surface area (Å²) in [5.74, 6) is 1.59. The second kappa shape index (κ2) is 5.09. The van der Waals surface area contributed by atoms with Crippen molar-refractivity contribution >= 4 is 22.6 Å². The number of carbonyl (C=O) groups excluding carboxylic acids is 1. The summed E-state index contributed by atoms with van der Waals surface area (Å²) in [5, 5.41) is 2.97. The second-order valence-corrected chi connectivity index (χ2v) is 6.80. The van der Waals surface area contributed by atoms with Crippen molar-refractivity contribution in [3.63, 3.8) is 0 Å². The van der Waals surface area contributed by atoms with E-state index < -0.39 is 5.54 Å². The maximum Gasteiger partial charge on any atom is 0.244 e. The summed E-state index contributed by atoms with van der Waals surface area (Å²) in [6, 6.07) is 5.83. The van der Waals surface area contributed by atoms with E-state index >= 15 is 0 Å². The van der Waals surface area contributed by atoms with E-state index in [9.17, 15) is 4.79 Å². The molecule has 2 saturated carbocycles. The van der Waals surface area contributed by atoms with Crippen LogP contribution >= 0.6 is 0 Å². The van der Waals surface area contributed by atoms with Crippen LogP contribution in [-0.2, 0) is 4.79 Å². The van der Waals surface area contributed by atoms with Crippen LogP contribution in [0.15, 0.2) is 18.2 Å². The van der Waals surface area contributed by atoms with Crippen molar-refractivity contribution in [1.82, 2.24) is 9.97 Å². The summed E-state index contributed by atoms with van der Waals surface area (Å²) in [4.78, 5) is 20.4. The van der Waals surface area contributed by atoms with Crippen LogP contribution in [0.4, 0.5) is 5.69 Å². The molecule has 22 heavy (non-hydrogen) atoms. The van der Waals surface area contributed by atoms with Crippen LogP contribution < -0.4 is 11.1 Å². The molecule has 0 unspecified atom stereocenters. The molecule has 0 radical (unpaired) electrons. The first-order valence-corrected chi connectivity index (χ1v) is 8.24. The molecule has 1 heterocycles. The van der Waals surface area contributed by atoms with Gasteiger partial charge >= 0.3 is 0 Å². The van der Waals surface area contributed by atoms with Gasteiger partial charge in [0.15, 0.2) is 0 Å². The summed E-state index contributed by atoms with van der Waals surface area (Å²) in [7, 11) is 0. The zero-order valence-corrected chi connectivity index (χ0v) is 12.7. The lowest BCUT2D eigenvalue weighted by atomic mass is 9.85. The fourth-order valence-corrected chi connectivity index (χ4v) is 3.47. The van der Waals surface area contributed by atoms with Crippen molar-refractivity contribution in [2.75, 3.05) is 5.32 Å². The van der Waals surface area contributed by atoms with Crippen molar-refractivity contribution in [2.45, 2.75) is 56.4 Å². The van der Waals surface area contributed by atoms with E-state index in [0.29, 0.717) is 5.92 Å². The van der Waals surface area contributed by atoms with Gasteiger partial charge in [0, 0.05) is 11.6 Å². The highest BCUT2D eigenvalue weighted by atomic mass is 16.2. The van der Waals surface area contributed by atoms with Gasteiger partial charge in [-0.2, -0.15) is 0 Å². The van der Waals surface area contributed by atoms with Crippen molar-refractivity contribution in [3.8, 4) is 0 Å². The van der Waals surface area contributed by atoms with Gasteiger partial charge in [-0.05, 0) is 43.9 Å². The Labute approximate surface area is 129 Å². The first kappa shape index (κ1) is 13.8. The number of rotatable bonds is 3. The average Bonchev–Trinajstić information content (AvgIpc) is 3.03. The number of hydrogen-bond donors (Lipinski definition) is 3. The van der Waals surface area contributed by atoms with E-state index in [0.717, 1.165) is 48.2 Å². The number of amides is 1. The molecule has 5 heteroatoms. The lowest BCUT2D eigenvalue weighted by molar-refractivity contribution is -0.121. The van der Waals surface area contributed by atoms with Gasteiger partial charge in [0.25, 0.3) is 0 Å². The number of aromatic nitrogens is 2. The minimum Gasteiger partial charge on any atom is -0.342 e. The molecule has 1 aromatic carbocycles. The number of nitrogens with one attached hydrogen (secondary N) is 2. The quantitative estimate of drug-likeness (QED) is 0.814. The fraction of sp³-hybridized carbons (Fsp3) is 0.529. The molecule has 0 bridgehead atoms. The lowest BCUT2D eigenvalue weighted by Gasteiger charge is -2.22. The number of hydrogen-bond acceptors (Lipinski definition) is 3. The maximum atomic E-state index is 12.4. The Hall–Kier alpha value is -1.88. The molecule has 2 fully saturated rings. The Morgan fingerprint density at radius 3 is 2.73 bits per heavy atom. The van der Waals surface area contributed by atoms with E-state index in [1.807, 2.05) is 18.2 Å². The largest absolute Gasteiger partial charge is 0.342 e. The van der Waals surface area contributed by atoms with Gasteiger partial charge in [0.05, 0.1) is 16.6 Å². The van der Waals surface area contributed by atoms with Crippen molar-refractivity contribution in [2.24, 2.45) is 5.73 Å². The minimum absolute atomic E-state index is 0.0666. The van der Waals surface area contributed by atoms with Gasteiger partial charge in [0.1, 0.15) is 5.82 Å². The first-order valence-electron chi connectivity index (χ1n) is 8.24. The van der Waals surface area contributed by atoms with E-state index in [2.05, 4.69) is 15.3 Å². The third-order valence-electron chi connectivity index (χ3n) is 5.20. The Bertz CT molecular complexity index is 711. The molecule has 4 rings (SSSR count). The van der Waals surface area contributed by atoms with Crippen LogP contribution in [-0.4, -0.2) is 21.4 Å². The van der Waals surface area contributed by atoms with Crippen LogP contribution in [0.25, 0.3) is 11.0 Å². The predicted molar refractivity (Wildman–Crippen MR) is 86.7 cm³/mol.